The summed E-state index contributed by atoms with van der Waals surface area (Å²) >= 11 is 0. The molecule has 2 amide bonds. The van der Waals surface area contributed by atoms with Gasteiger partial charge in [-0.3, -0.25) is 9.59 Å². The molecule has 0 bridgehead atoms. The lowest BCUT2D eigenvalue weighted by Gasteiger charge is -2.14. The number of nitrogens with zero attached hydrogens (tertiary/aromatic N) is 2. The minimum atomic E-state index is -0.775. The molecule has 2 aliphatic heterocycles. The Morgan fingerprint density at radius 1 is 1.18 bits per heavy atom. The van der Waals surface area contributed by atoms with E-state index >= 15 is 0 Å². The van der Waals surface area contributed by atoms with Gasteiger partial charge in [0, 0.05) is 0 Å². The number of imide groups is 1. The van der Waals surface area contributed by atoms with E-state index in [9.17, 15) is 9.59 Å². The third-order valence-electron chi connectivity index (χ3n) is 3.03. The Hall–Kier alpha value is -2.17. The summed E-state index contributed by atoms with van der Waals surface area (Å²) in [6, 6.07) is 8.85. The monoisotopic (exact) mass is 230 g/mol. The summed E-state index contributed by atoms with van der Waals surface area (Å²) in [7, 11) is 0. The molecule has 86 valence electrons. The van der Waals surface area contributed by atoms with Crippen LogP contribution in [0.15, 0.2) is 35.5 Å². The molecule has 2 aliphatic rings. The minimum Gasteiger partial charge on any atom is -0.381 e. The molecule has 0 aliphatic carbocycles. The number of para-hydroxylation sites is 1. The largest absolute Gasteiger partial charge is 0.381 e. The zero-order chi connectivity index (χ0) is 12.0. The number of benzene rings is 1. The predicted molar refractivity (Wildman–Crippen MR) is 60.4 cm³/mol. The fourth-order valence-electron chi connectivity index (χ4n) is 2.18. The number of hydrogen-bond donors (Lipinski definition) is 0. The van der Waals surface area contributed by atoms with Crippen molar-refractivity contribution in [2.75, 3.05) is 4.90 Å². The number of rotatable bonds is 1. The second-order valence-corrected chi connectivity index (χ2v) is 4.08. The summed E-state index contributed by atoms with van der Waals surface area (Å²) in [4.78, 5) is 30.4. The van der Waals surface area contributed by atoms with E-state index in [4.69, 9.17) is 4.84 Å². The lowest BCUT2D eigenvalue weighted by atomic mass is 10.0. The number of fused-ring (bicyclic) bond motifs is 1. The predicted octanol–water partition coefficient (Wildman–Crippen LogP) is 0.951. The highest BCUT2D eigenvalue weighted by Crippen LogP contribution is 2.32. The van der Waals surface area contributed by atoms with Crippen LogP contribution < -0.4 is 4.90 Å². The molecule has 1 aromatic rings. The van der Waals surface area contributed by atoms with Crippen LogP contribution in [-0.4, -0.2) is 23.6 Å². The third kappa shape index (κ3) is 1.28. The van der Waals surface area contributed by atoms with Gasteiger partial charge in [-0.2, -0.15) is 0 Å². The van der Waals surface area contributed by atoms with Crippen LogP contribution in [0.4, 0.5) is 5.69 Å². The Balaban J connectivity index is 2.02. The number of anilines is 1. The van der Waals surface area contributed by atoms with Gasteiger partial charge in [0.25, 0.3) is 5.91 Å². The van der Waals surface area contributed by atoms with Crippen molar-refractivity contribution in [1.29, 1.82) is 0 Å². The number of oxime groups is 1. The van der Waals surface area contributed by atoms with Crippen molar-refractivity contribution in [3.8, 4) is 0 Å². The molecule has 0 spiro atoms. The van der Waals surface area contributed by atoms with Crippen LogP contribution in [0.1, 0.15) is 6.92 Å². The van der Waals surface area contributed by atoms with Crippen molar-refractivity contribution in [2.45, 2.75) is 13.0 Å². The van der Waals surface area contributed by atoms with Gasteiger partial charge >= 0.3 is 0 Å². The molecule has 1 saturated heterocycles. The van der Waals surface area contributed by atoms with E-state index in [2.05, 4.69) is 5.16 Å². The molecule has 17 heavy (non-hydrogen) atoms. The molecule has 0 aromatic heterocycles. The lowest BCUT2D eigenvalue weighted by Crippen LogP contribution is -2.32. The Bertz CT molecular complexity index is 524. The topological polar surface area (TPSA) is 59.0 Å². The van der Waals surface area contributed by atoms with Crippen LogP contribution in [0, 0.1) is 5.92 Å². The Kier molecular flexibility index (Phi) is 2.01. The fraction of sp³-hybridized carbons (Fsp3) is 0.250. The van der Waals surface area contributed by atoms with Crippen LogP contribution in [0.3, 0.4) is 0 Å². The summed E-state index contributed by atoms with van der Waals surface area (Å²) in [6.45, 7) is 1.70. The molecule has 3 rings (SSSR count). The van der Waals surface area contributed by atoms with Crippen LogP contribution in [-0.2, 0) is 14.4 Å². The number of hydrogen-bond acceptors (Lipinski definition) is 4. The first kappa shape index (κ1) is 10.0. The Morgan fingerprint density at radius 2 is 1.88 bits per heavy atom. The van der Waals surface area contributed by atoms with Crippen molar-refractivity contribution in [2.24, 2.45) is 11.1 Å². The number of carbonyl (C=O) groups is 2. The van der Waals surface area contributed by atoms with Crippen molar-refractivity contribution in [1.82, 2.24) is 0 Å². The highest BCUT2D eigenvalue weighted by Gasteiger charge is 2.54. The van der Waals surface area contributed by atoms with Crippen LogP contribution in [0.2, 0.25) is 0 Å². The second-order valence-electron chi connectivity index (χ2n) is 4.08. The van der Waals surface area contributed by atoms with Crippen molar-refractivity contribution in [3.63, 3.8) is 0 Å². The van der Waals surface area contributed by atoms with Gasteiger partial charge in [-0.25, -0.2) is 4.90 Å². The van der Waals surface area contributed by atoms with Gasteiger partial charge < -0.3 is 4.84 Å². The van der Waals surface area contributed by atoms with E-state index in [1.807, 2.05) is 6.07 Å². The standard InChI is InChI=1S/C12H10N2O3/c1-7-9-10(17-13-7)12(16)14(11(9)15)8-5-3-2-4-6-8/h2-6,9-10H,1H3. The molecule has 1 fully saturated rings. The molecule has 5 nitrogen and oxygen atoms in total. The van der Waals surface area contributed by atoms with E-state index < -0.39 is 12.0 Å². The van der Waals surface area contributed by atoms with E-state index in [0.717, 1.165) is 0 Å². The maximum absolute atomic E-state index is 12.2. The van der Waals surface area contributed by atoms with Crippen LogP contribution in [0.5, 0.6) is 0 Å². The summed E-state index contributed by atoms with van der Waals surface area (Å²) in [6.07, 6.45) is -0.775. The van der Waals surface area contributed by atoms with E-state index in [1.165, 1.54) is 4.90 Å². The highest BCUT2D eigenvalue weighted by molar-refractivity contribution is 6.29. The maximum atomic E-state index is 12.2. The molecule has 2 heterocycles. The molecular weight excluding hydrogens is 220 g/mol. The van der Waals surface area contributed by atoms with Crippen molar-refractivity contribution in [3.05, 3.63) is 30.3 Å². The van der Waals surface area contributed by atoms with E-state index in [1.54, 1.807) is 31.2 Å². The van der Waals surface area contributed by atoms with Gasteiger partial charge in [0.2, 0.25) is 12.0 Å². The van der Waals surface area contributed by atoms with Crippen molar-refractivity contribution >= 4 is 23.2 Å². The quantitative estimate of drug-likeness (QED) is 0.675. The molecule has 2 atom stereocenters. The average molecular weight is 230 g/mol. The van der Waals surface area contributed by atoms with Crippen LogP contribution >= 0.6 is 0 Å². The lowest BCUT2D eigenvalue weighted by molar-refractivity contribution is -0.126. The van der Waals surface area contributed by atoms with Crippen LogP contribution in [0.25, 0.3) is 0 Å². The summed E-state index contributed by atoms with van der Waals surface area (Å²) in [5, 5.41) is 3.70. The average Bonchev–Trinajstić information content (AvgIpc) is 2.82. The van der Waals surface area contributed by atoms with Gasteiger partial charge in [0.05, 0.1) is 11.4 Å². The first-order valence-electron chi connectivity index (χ1n) is 5.33. The SMILES string of the molecule is CC1=NOC2C(=O)N(c3ccccc3)C(=O)C12. The number of carbonyl (C=O) groups excluding carboxylic acids is 2. The van der Waals surface area contributed by atoms with Gasteiger partial charge in [0.15, 0.2) is 0 Å². The normalized spacial score (nSPS) is 26.9. The summed E-state index contributed by atoms with van der Waals surface area (Å²) < 4.78 is 0. The summed E-state index contributed by atoms with van der Waals surface area (Å²) in [5.41, 5.74) is 1.14. The minimum absolute atomic E-state index is 0.259. The van der Waals surface area contributed by atoms with E-state index in [0.29, 0.717) is 11.4 Å². The van der Waals surface area contributed by atoms with Gasteiger partial charge in [0.1, 0.15) is 5.92 Å². The molecule has 2 unspecified atom stereocenters. The third-order valence-corrected chi connectivity index (χ3v) is 3.03. The maximum Gasteiger partial charge on any atom is 0.278 e. The Labute approximate surface area is 97.7 Å². The van der Waals surface area contributed by atoms with Gasteiger partial charge in [-0.05, 0) is 19.1 Å². The zero-order valence-electron chi connectivity index (χ0n) is 9.16. The van der Waals surface area contributed by atoms with Gasteiger partial charge in [-0.15, -0.1) is 0 Å². The molecule has 0 N–H and O–H groups in total. The highest BCUT2D eigenvalue weighted by atomic mass is 16.6. The first-order chi connectivity index (χ1) is 8.20. The fourth-order valence-corrected chi connectivity index (χ4v) is 2.18. The first-order valence-corrected chi connectivity index (χ1v) is 5.33. The van der Waals surface area contributed by atoms with E-state index in [-0.39, 0.29) is 11.8 Å². The zero-order valence-corrected chi connectivity index (χ0v) is 9.16. The summed E-state index contributed by atoms with van der Waals surface area (Å²) in [5.74, 6) is -1.15. The molecule has 5 heteroatoms. The molecule has 0 saturated carbocycles. The number of amides is 2. The molecular formula is C12H10N2O3. The second kappa shape index (κ2) is 3.41. The van der Waals surface area contributed by atoms with Crippen molar-refractivity contribution < 1.29 is 14.4 Å². The van der Waals surface area contributed by atoms with Gasteiger partial charge in [-0.1, -0.05) is 23.4 Å². The Morgan fingerprint density at radius 3 is 2.53 bits per heavy atom. The molecule has 0 radical (unpaired) electrons. The smallest absolute Gasteiger partial charge is 0.278 e. The molecule has 1 aromatic carbocycles.